The van der Waals surface area contributed by atoms with Crippen molar-refractivity contribution in [2.45, 2.75) is 19.4 Å². The number of fused-ring (bicyclic) bond motifs is 1. The van der Waals surface area contributed by atoms with Crippen molar-refractivity contribution in [2.24, 2.45) is 5.92 Å². The molecule has 6 nitrogen and oxygen atoms in total. The summed E-state index contributed by atoms with van der Waals surface area (Å²) in [7, 11) is 0. The van der Waals surface area contributed by atoms with Crippen LogP contribution in [0.15, 0.2) is 55.0 Å². The minimum Gasteiger partial charge on any atom is -0.349 e. The van der Waals surface area contributed by atoms with Crippen LogP contribution in [0.4, 0.5) is 0 Å². The number of carbonyl (C=O) groups excluding carboxylic acids is 2. The number of aromatic nitrogens is 2. The molecule has 1 aliphatic heterocycles. The molecule has 28 heavy (non-hydrogen) atoms. The number of amides is 2. The first kappa shape index (κ1) is 18.5. The molecular formula is C21H21ClN4O2. The molecule has 144 valence electrons. The molecule has 1 aromatic carbocycles. The number of halogens is 1. The highest BCUT2D eigenvalue weighted by Crippen LogP contribution is 2.21. The third kappa shape index (κ3) is 3.87. The highest BCUT2D eigenvalue weighted by Gasteiger charge is 2.34. The predicted molar refractivity (Wildman–Crippen MR) is 107 cm³/mol. The zero-order chi connectivity index (χ0) is 19.7. The van der Waals surface area contributed by atoms with E-state index in [9.17, 15) is 9.59 Å². The molecule has 1 aliphatic rings. The lowest BCUT2D eigenvalue weighted by molar-refractivity contribution is -0.137. The second-order valence-electron chi connectivity index (χ2n) is 7.24. The number of rotatable bonds is 5. The summed E-state index contributed by atoms with van der Waals surface area (Å²) < 4.78 is 1.82. The van der Waals surface area contributed by atoms with Crippen molar-refractivity contribution in [3.63, 3.8) is 0 Å². The van der Waals surface area contributed by atoms with Gasteiger partial charge in [0, 0.05) is 48.7 Å². The van der Waals surface area contributed by atoms with Gasteiger partial charge in [0.05, 0.1) is 12.0 Å². The van der Waals surface area contributed by atoms with Crippen LogP contribution in [0.5, 0.6) is 0 Å². The molecule has 0 bridgehead atoms. The largest absolute Gasteiger partial charge is 0.349 e. The lowest BCUT2D eigenvalue weighted by atomic mass is 9.91. The zero-order valence-electron chi connectivity index (χ0n) is 15.5. The third-order valence-electron chi connectivity index (χ3n) is 5.22. The first-order valence-electron chi connectivity index (χ1n) is 9.25. The van der Waals surface area contributed by atoms with Gasteiger partial charge in [0.2, 0.25) is 5.91 Å². The first-order valence-corrected chi connectivity index (χ1v) is 9.63. The fourth-order valence-corrected chi connectivity index (χ4v) is 3.64. The molecule has 0 spiro atoms. The SMILES string of the molecule is CC(NC(=O)c1ccc2nccn2c1)C1CN(C(=O)Cc2cccc(Cl)c2)C1. The topological polar surface area (TPSA) is 66.7 Å². The fourth-order valence-electron chi connectivity index (χ4n) is 3.43. The Morgan fingerprint density at radius 3 is 2.89 bits per heavy atom. The molecule has 3 heterocycles. The molecule has 2 aromatic heterocycles. The molecule has 0 saturated carbocycles. The molecule has 1 unspecified atom stereocenters. The van der Waals surface area contributed by atoms with Crippen LogP contribution < -0.4 is 5.32 Å². The van der Waals surface area contributed by atoms with Crippen molar-refractivity contribution in [3.8, 4) is 0 Å². The highest BCUT2D eigenvalue weighted by molar-refractivity contribution is 6.30. The van der Waals surface area contributed by atoms with Crippen molar-refractivity contribution in [1.82, 2.24) is 19.6 Å². The summed E-state index contributed by atoms with van der Waals surface area (Å²) in [5, 5.41) is 3.68. The van der Waals surface area contributed by atoms with Gasteiger partial charge in [-0.3, -0.25) is 9.59 Å². The number of nitrogens with zero attached hydrogens (tertiary/aromatic N) is 3. The van der Waals surface area contributed by atoms with Gasteiger partial charge < -0.3 is 14.6 Å². The molecular weight excluding hydrogens is 376 g/mol. The number of benzene rings is 1. The first-order chi connectivity index (χ1) is 13.5. The average molecular weight is 397 g/mol. The number of hydrogen-bond donors (Lipinski definition) is 1. The van der Waals surface area contributed by atoms with E-state index >= 15 is 0 Å². The summed E-state index contributed by atoms with van der Waals surface area (Å²) in [5.74, 6) is 0.221. The Morgan fingerprint density at radius 2 is 2.11 bits per heavy atom. The van der Waals surface area contributed by atoms with Gasteiger partial charge in [-0.25, -0.2) is 4.98 Å². The van der Waals surface area contributed by atoms with Gasteiger partial charge >= 0.3 is 0 Å². The number of likely N-dealkylation sites (tertiary alicyclic amines) is 1. The maximum Gasteiger partial charge on any atom is 0.252 e. The molecule has 1 N–H and O–H groups in total. The van der Waals surface area contributed by atoms with Crippen molar-refractivity contribution < 1.29 is 9.59 Å². The number of hydrogen-bond acceptors (Lipinski definition) is 3. The number of nitrogens with one attached hydrogen (secondary N) is 1. The maximum atomic E-state index is 12.5. The highest BCUT2D eigenvalue weighted by atomic mass is 35.5. The van der Waals surface area contributed by atoms with Gasteiger partial charge in [0.25, 0.3) is 5.91 Å². The van der Waals surface area contributed by atoms with E-state index in [2.05, 4.69) is 10.3 Å². The fraction of sp³-hybridized carbons (Fsp3) is 0.286. The summed E-state index contributed by atoms with van der Waals surface area (Å²) in [6.45, 7) is 3.29. The van der Waals surface area contributed by atoms with E-state index < -0.39 is 0 Å². The van der Waals surface area contributed by atoms with Gasteiger partial charge in [0.1, 0.15) is 5.65 Å². The van der Waals surface area contributed by atoms with E-state index in [0.717, 1.165) is 11.2 Å². The van der Waals surface area contributed by atoms with Gasteiger partial charge in [-0.2, -0.15) is 0 Å². The lowest BCUT2D eigenvalue weighted by Crippen LogP contribution is -2.57. The molecule has 7 heteroatoms. The van der Waals surface area contributed by atoms with Crippen LogP contribution in [0.2, 0.25) is 5.02 Å². The Bertz CT molecular complexity index is 1030. The summed E-state index contributed by atoms with van der Waals surface area (Å²) in [5.41, 5.74) is 2.31. The average Bonchev–Trinajstić information content (AvgIpc) is 3.08. The van der Waals surface area contributed by atoms with E-state index in [-0.39, 0.29) is 23.8 Å². The summed E-state index contributed by atoms with van der Waals surface area (Å²) >= 11 is 5.98. The van der Waals surface area contributed by atoms with Crippen LogP contribution in [0.3, 0.4) is 0 Å². The molecule has 0 radical (unpaired) electrons. The monoisotopic (exact) mass is 396 g/mol. The second-order valence-corrected chi connectivity index (χ2v) is 7.67. The normalized spacial score (nSPS) is 15.3. The van der Waals surface area contributed by atoms with Gasteiger partial charge in [-0.15, -0.1) is 0 Å². The van der Waals surface area contributed by atoms with Gasteiger partial charge in [-0.1, -0.05) is 23.7 Å². The molecule has 1 saturated heterocycles. The summed E-state index contributed by atoms with van der Waals surface area (Å²) in [6.07, 6.45) is 5.62. The van der Waals surface area contributed by atoms with Gasteiger partial charge in [-0.05, 0) is 36.8 Å². The van der Waals surface area contributed by atoms with Crippen LogP contribution in [0, 0.1) is 5.92 Å². The molecule has 1 fully saturated rings. The van der Waals surface area contributed by atoms with E-state index in [0.29, 0.717) is 30.1 Å². The van der Waals surface area contributed by atoms with Crippen molar-refractivity contribution in [1.29, 1.82) is 0 Å². The molecule has 0 aliphatic carbocycles. The van der Waals surface area contributed by atoms with Crippen LogP contribution in [0.25, 0.3) is 5.65 Å². The molecule has 4 rings (SSSR count). The van der Waals surface area contributed by atoms with Crippen molar-refractivity contribution >= 4 is 29.1 Å². The molecule has 1 atom stereocenters. The van der Waals surface area contributed by atoms with Gasteiger partial charge in [0.15, 0.2) is 0 Å². The summed E-state index contributed by atoms with van der Waals surface area (Å²) in [4.78, 5) is 30.9. The number of imidazole rings is 1. The molecule has 2 amide bonds. The molecule has 3 aromatic rings. The van der Waals surface area contributed by atoms with Crippen LogP contribution >= 0.6 is 11.6 Å². The Balaban J connectivity index is 1.29. The number of pyridine rings is 1. The van der Waals surface area contributed by atoms with E-state index in [1.165, 1.54) is 0 Å². The van der Waals surface area contributed by atoms with E-state index in [1.807, 2.05) is 46.7 Å². The maximum absolute atomic E-state index is 12.5. The lowest BCUT2D eigenvalue weighted by Gasteiger charge is -2.42. The standard InChI is InChI=1S/C21H21ClN4O2/c1-14(24-21(28)16-5-6-19-23-7-8-25(19)11-16)17-12-26(13-17)20(27)10-15-3-2-4-18(22)9-15/h2-9,11,14,17H,10,12-13H2,1H3,(H,24,28). The Morgan fingerprint density at radius 1 is 1.29 bits per heavy atom. The van der Waals surface area contributed by atoms with E-state index in [4.69, 9.17) is 11.6 Å². The minimum atomic E-state index is -0.119. The van der Waals surface area contributed by atoms with E-state index in [1.54, 1.807) is 24.5 Å². The predicted octanol–water partition coefficient (Wildman–Crippen LogP) is 2.81. The van der Waals surface area contributed by atoms with Crippen LogP contribution in [0.1, 0.15) is 22.8 Å². The summed E-state index contributed by atoms with van der Waals surface area (Å²) in [6, 6.07) is 10.9. The Kier molecular flexibility index (Phi) is 5.05. The zero-order valence-corrected chi connectivity index (χ0v) is 16.3. The van der Waals surface area contributed by atoms with Crippen LogP contribution in [-0.4, -0.2) is 45.2 Å². The number of carbonyl (C=O) groups is 2. The quantitative estimate of drug-likeness (QED) is 0.721. The van der Waals surface area contributed by atoms with Crippen molar-refractivity contribution in [2.75, 3.05) is 13.1 Å². The smallest absolute Gasteiger partial charge is 0.252 e. The third-order valence-corrected chi connectivity index (χ3v) is 5.46. The Hall–Kier alpha value is -2.86. The van der Waals surface area contributed by atoms with Crippen molar-refractivity contribution in [3.05, 3.63) is 71.1 Å². The minimum absolute atomic E-state index is 0.0128. The second kappa shape index (κ2) is 7.64. The van der Waals surface area contributed by atoms with Crippen LogP contribution in [-0.2, 0) is 11.2 Å². The Labute approximate surface area is 168 Å².